The summed E-state index contributed by atoms with van der Waals surface area (Å²) >= 11 is 0. The van der Waals surface area contributed by atoms with Crippen molar-refractivity contribution in [3.05, 3.63) is 112 Å². The molecule has 0 radical (unpaired) electrons. The Hall–Kier alpha value is -4.06. The first-order valence-corrected chi connectivity index (χ1v) is 11.7. The summed E-state index contributed by atoms with van der Waals surface area (Å²) in [5, 5.41) is 8.36. The van der Waals surface area contributed by atoms with E-state index in [1.54, 1.807) is 4.68 Å². The van der Waals surface area contributed by atoms with Crippen molar-refractivity contribution in [1.29, 1.82) is 0 Å². The first kappa shape index (κ1) is 21.8. The number of fused-ring (bicyclic) bond motifs is 1. The van der Waals surface area contributed by atoms with Gasteiger partial charge in [0, 0.05) is 6.42 Å². The van der Waals surface area contributed by atoms with E-state index in [-0.39, 0.29) is 17.1 Å². The molecule has 34 heavy (non-hydrogen) atoms. The predicted molar refractivity (Wildman–Crippen MR) is 135 cm³/mol. The maximum absolute atomic E-state index is 12.7. The molecule has 0 bridgehead atoms. The summed E-state index contributed by atoms with van der Waals surface area (Å²) in [7, 11) is 0. The molecule has 3 aromatic carbocycles. The van der Waals surface area contributed by atoms with Crippen LogP contribution in [0.4, 0.5) is 0 Å². The summed E-state index contributed by atoms with van der Waals surface area (Å²) in [4.78, 5) is 20.3. The molecule has 170 valence electrons. The van der Waals surface area contributed by atoms with Crippen LogP contribution < -0.4 is 5.56 Å². The SMILES string of the molecule is CC(CCCc1ccccc1)n1nnc2c(=O)[nH]c(Cc3ccc(-c4ccccc4)cc3)nc21. The number of nitrogens with one attached hydrogen (secondary N) is 1. The van der Waals surface area contributed by atoms with E-state index in [1.165, 1.54) is 11.1 Å². The molecule has 5 rings (SSSR count). The van der Waals surface area contributed by atoms with Crippen LogP contribution in [0.5, 0.6) is 0 Å². The molecule has 5 aromatic rings. The van der Waals surface area contributed by atoms with Gasteiger partial charge in [-0.1, -0.05) is 90.1 Å². The Balaban J connectivity index is 1.32. The fourth-order valence-electron chi connectivity index (χ4n) is 4.27. The Morgan fingerprint density at radius 1 is 0.853 bits per heavy atom. The molecule has 1 unspecified atom stereocenters. The summed E-state index contributed by atoms with van der Waals surface area (Å²) < 4.78 is 1.79. The Labute approximate surface area is 198 Å². The van der Waals surface area contributed by atoms with Crippen LogP contribution in [0, 0.1) is 0 Å². The highest BCUT2D eigenvalue weighted by Gasteiger charge is 2.16. The Morgan fingerprint density at radius 2 is 1.53 bits per heavy atom. The third-order valence-electron chi connectivity index (χ3n) is 6.16. The van der Waals surface area contributed by atoms with E-state index in [4.69, 9.17) is 4.98 Å². The third-order valence-corrected chi connectivity index (χ3v) is 6.16. The van der Waals surface area contributed by atoms with Crippen molar-refractivity contribution in [3.8, 4) is 11.1 Å². The predicted octanol–water partition coefficient (Wildman–Crippen LogP) is 5.36. The molecule has 2 heterocycles. The van der Waals surface area contributed by atoms with Gasteiger partial charge in [0.1, 0.15) is 5.82 Å². The summed E-state index contributed by atoms with van der Waals surface area (Å²) in [6, 6.07) is 29.2. The lowest BCUT2D eigenvalue weighted by Crippen LogP contribution is -2.15. The second kappa shape index (κ2) is 9.83. The Morgan fingerprint density at radius 3 is 2.26 bits per heavy atom. The van der Waals surface area contributed by atoms with Crippen LogP contribution >= 0.6 is 0 Å². The number of H-pyrrole nitrogens is 1. The van der Waals surface area contributed by atoms with E-state index in [0.717, 1.165) is 30.4 Å². The van der Waals surface area contributed by atoms with Gasteiger partial charge >= 0.3 is 0 Å². The summed E-state index contributed by atoms with van der Waals surface area (Å²) in [6.07, 6.45) is 3.50. The van der Waals surface area contributed by atoms with Crippen LogP contribution in [-0.4, -0.2) is 25.0 Å². The van der Waals surface area contributed by atoms with Crippen LogP contribution in [-0.2, 0) is 12.8 Å². The number of hydrogen-bond donors (Lipinski definition) is 1. The van der Waals surface area contributed by atoms with Crippen molar-refractivity contribution in [2.75, 3.05) is 0 Å². The van der Waals surface area contributed by atoms with Crippen molar-refractivity contribution in [2.45, 2.75) is 38.6 Å². The van der Waals surface area contributed by atoms with Gasteiger partial charge in [0.25, 0.3) is 5.56 Å². The quantitative estimate of drug-likeness (QED) is 0.346. The fourth-order valence-corrected chi connectivity index (χ4v) is 4.27. The zero-order valence-electron chi connectivity index (χ0n) is 19.2. The molecule has 6 heteroatoms. The number of rotatable bonds is 8. The molecule has 0 aliphatic rings. The maximum atomic E-state index is 12.7. The van der Waals surface area contributed by atoms with E-state index < -0.39 is 0 Å². The zero-order valence-corrected chi connectivity index (χ0v) is 19.2. The average Bonchev–Trinajstić information content (AvgIpc) is 3.30. The van der Waals surface area contributed by atoms with Crippen LogP contribution in [0.1, 0.15) is 42.8 Å². The highest BCUT2D eigenvalue weighted by Crippen LogP contribution is 2.21. The Kier molecular flexibility index (Phi) is 6.29. The maximum Gasteiger partial charge on any atom is 0.281 e. The van der Waals surface area contributed by atoms with Gasteiger partial charge in [-0.25, -0.2) is 9.67 Å². The number of hydrogen-bond acceptors (Lipinski definition) is 4. The lowest BCUT2D eigenvalue weighted by atomic mass is 10.0. The van der Waals surface area contributed by atoms with Gasteiger partial charge in [-0.2, -0.15) is 0 Å². The molecule has 1 N–H and O–H groups in total. The highest BCUT2D eigenvalue weighted by atomic mass is 16.1. The Bertz CT molecular complexity index is 1420. The van der Waals surface area contributed by atoms with Crippen LogP contribution in [0.25, 0.3) is 22.3 Å². The van der Waals surface area contributed by atoms with Gasteiger partial charge < -0.3 is 4.98 Å². The monoisotopic (exact) mass is 449 g/mol. The lowest BCUT2D eigenvalue weighted by molar-refractivity contribution is 0.444. The van der Waals surface area contributed by atoms with Crippen LogP contribution in [0.15, 0.2) is 89.7 Å². The van der Waals surface area contributed by atoms with E-state index in [2.05, 4.69) is 82.9 Å². The number of benzene rings is 3. The molecule has 0 saturated heterocycles. The van der Waals surface area contributed by atoms with Crippen molar-refractivity contribution in [2.24, 2.45) is 0 Å². The molecule has 6 nitrogen and oxygen atoms in total. The molecule has 0 amide bonds. The van der Waals surface area contributed by atoms with Crippen molar-refractivity contribution in [3.63, 3.8) is 0 Å². The molecular weight excluding hydrogens is 422 g/mol. The minimum absolute atomic E-state index is 0.0982. The van der Waals surface area contributed by atoms with E-state index in [9.17, 15) is 4.79 Å². The molecule has 0 aliphatic heterocycles. The first-order valence-electron chi connectivity index (χ1n) is 11.7. The van der Waals surface area contributed by atoms with E-state index >= 15 is 0 Å². The first-order chi connectivity index (χ1) is 16.7. The summed E-state index contributed by atoms with van der Waals surface area (Å²) in [5.41, 5.74) is 5.34. The van der Waals surface area contributed by atoms with Crippen LogP contribution in [0.3, 0.4) is 0 Å². The van der Waals surface area contributed by atoms with Crippen molar-refractivity contribution >= 4 is 11.2 Å². The third kappa shape index (κ3) is 4.81. The largest absolute Gasteiger partial charge is 0.308 e. The van der Waals surface area contributed by atoms with Gasteiger partial charge in [-0.15, -0.1) is 5.10 Å². The molecular formula is C28H27N5O. The second-order valence-corrected chi connectivity index (χ2v) is 8.69. The second-order valence-electron chi connectivity index (χ2n) is 8.69. The van der Waals surface area contributed by atoms with Crippen molar-refractivity contribution in [1.82, 2.24) is 25.0 Å². The van der Waals surface area contributed by atoms with Crippen LogP contribution in [0.2, 0.25) is 0 Å². The number of nitrogens with zero attached hydrogens (tertiary/aromatic N) is 4. The van der Waals surface area contributed by atoms with E-state index in [0.29, 0.717) is 17.9 Å². The number of aromatic amines is 1. The van der Waals surface area contributed by atoms with Gasteiger partial charge in [0.05, 0.1) is 6.04 Å². The standard InChI is InChI=1S/C28H27N5O/c1-20(9-8-12-21-10-4-2-5-11-21)33-27-26(31-32-33)28(34)30-25(29-27)19-22-15-17-24(18-16-22)23-13-6-3-7-14-23/h2-7,10-11,13-18,20H,8-9,12,19H2,1H3,(H,29,30,34). The average molecular weight is 450 g/mol. The smallest absolute Gasteiger partial charge is 0.281 e. The topological polar surface area (TPSA) is 76.5 Å². The van der Waals surface area contributed by atoms with Gasteiger partial charge in [0.2, 0.25) is 0 Å². The van der Waals surface area contributed by atoms with E-state index in [1.807, 2.05) is 24.3 Å². The normalized spacial score (nSPS) is 12.1. The minimum Gasteiger partial charge on any atom is -0.308 e. The highest BCUT2D eigenvalue weighted by molar-refractivity contribution is 5.68. The summed E-state index contributed by atoms with van der Waals surface area (Å²) in [6.45, 7) is 2.10. The fraction of sp³-hybridized carbons (Fsp3) is 0.214. The summed E-state index contributed by atoms with van der Waals surface area (Å²) in [5.74, 6) is 0.616. The molecule has 0 saturated carbocycles. The lowest BCUT2D eigenvalue weighted by Gasteiger charge is -2.12. The molecule has 0 spiro atoms. The molecule has 2 aromatic heterocycles. The molecule has 0 fully saturated rings. The number of aromatic nitrogens is 5. The van der Waals surface area contributed by atoms with Gasteiger partial charge in [0.15, 0.2) is 11.2 Å². The van der Waals surface area contributed by atoms with Crippen molar-refractivity contribution < 1.29 is 0 Å². The minimum atomic E-state index is -0.247. The molecule has 0 aliphatic carbocycles. The van der Waals surface area contributed by atoms with Gasteiger partial charge in [-0.05, 0) is 48.4 Å². The molecule has 1 atom stereocenters. The van der Waals surface area contributed by atoms with Gasteiger partial charge in [-0.3, -0.25) is 4.79 Å². The number of aryl methyl sites for hydroxylation is 1. The zero-order chi connectivity index (χ0) is 23.3.